The van der Waals surface area contributed by atoms with Crippen LogP contribution in [0.25, 0.3) is 0 Å². The average Bonchev–Trinajstić information content (AvgIpc) is 2.54. The Hall–Kier alpha value is -1.06. The summed E-state index contributed by atoms with van der Waals surface area (Å²) in [4.78, 5) is 0. The van der Waals surface area contributed by atoms with Crippen LogP contribution in [0.3, 0.4) is 0 Å². The van der Waals surface area contributed by atoms with Gasteiger partial charge in [0.1, 0.15) is 5.75 Å². The van der Waals surface area contributed by atoms with E-state index < -0.39 is 0 Å². The third-order valence-corrected chi connectivity index (χ3v) is 4.20. The van der Waals surface area contributed by atoms with E-state index in [0.29, 0.717) is 0 Å². The fraction of sp³-hybridized carbons (Fsp3) is 0.667. The van der Waals surface area contributed by atoms with Crippen molar-refractivity contribution in [2.24, 2.45) is 0 Å². The molecule has 0 aliphatic rings. The van der Waals surface area contributed by atoms with Gasteiger partial charge in [-0.1, -0.05) is 32.9 Å². The molecule has 0 radical (unpaired) electrons. The maximum Gasteiger partial charge on any atom is 0.118 e. The van der Waals surface area contributed by atoms with Gasteiger partial charge in [0.15, 0.2) is 0 Å². The molecule has 0 aromatic heterocycles. The quantitative estimate of drug-likeness (QED) is 0.696. The Morgan fingerprint density at radius 2 is 1.67 bits per heavy atom. The van der Waals surface area contributed by atoms with Crippen LogP contribution in [-0.2, 0) is 4.74 Å². The molecule has 1 N–H and O–H groups in total. The molecule has 0 heterocycles. The van der Waals surface area contributed by atoms with Crippen LogP contribution in [0, 0.1) is 0 Å². The molecule has 0 spiro atoms. The van der Waals surface area contributed by atoms with Crippen molar-refractivity contribution in [3.8, 4) is 5.75 Å². The van der Waals surface area contributed by atoms with Crippen molar-refractivity contribution in [2.75, 3.05) is 20.3 Å². The van der Waals surface area contributed by atoms with Crippen LogP contribution < -0.4 is 10.1 Å². The molecule has 0 saturated heterocycles. The molecule has 0 aliphatic carbocycles. The van der Waals surface area contributed by atoms with Crippen molar-refractivity contribution < 1.29 is 9.47 Å². The highest BCUT2D eigenvalue weighted by Crippen LogP contribution is 2.36. The first-order chi connectivity index (χ1) is 10.2. The predicted molar refractivity (Wildman–Crippen MR) is 89.0 cm³/mol. The van der Waals surface area contributed by atoms with Crippen LogP contribution in [0.1, 0.15) is 58.6 Å². The average molecular weight is 293 g/mol. The summed E-state index contributed by atoms with van der Waals surface area (Å²) < 4.78 is 11.5. The van der Waals surface area contributed by atoms with Gasteiger partial charge in [0.2, 0.25) is 0 Å². The number of hydrogen-bond acceptors (Lipinski definition) is 3. The van der Waals surface area contributed by atoms with Gasteiger partial charge in [-0.25, -0.2) is 0 Å². The standard InChI is InChI=1S/C18H31NO2/c1-6-14-19-17(18(7-2,8-3)21-9-4)15-10-12-16(20-5)13-11-15/h10-13,17,19H,6-9,14H2,1-5H3. The first kappa shape index (κ1) is 18.0. The second-order valence-electron chi connectivity index (χ2n) is 5.37. The lowest BCUT2D eigenvalue weighted by Gasteiger charge is -2.40. The minimum atomic E-state index is -0.154. The SMILES string of the molecule is CCCNC(c1ccc(OC)cc1)C(CC)(CC)OCC. The number of methoxy groups -OCH3 is 1. The highest BCUT2D eigenvalue weighted by atomic mass is 16.5. The zero-order valence-electron chi connectivity index (χ0n) is 14.2. The number of hydrogen-bond donors (Lipinski definition) is 1. The summed E-state index contributed by atoms with van der Waals surface area (Å²) in [5.41, 5.74) is 1.11. The van der Waals surface area contributed by atoms with E-state index in [-0.39, 0.29) is 11.6 Å². The van der Waals surface area contributed by atoms with Crippen molar-refractivity contribution in [2.45, 2.75) is 58.6 Å². The molecule has 0 saturated carbocycles. The molecular formula is C18H31NO2. The summed E-state index contributed by atoms with van der Waals surface area (Å²) in [5.74, 6) is 0.892. The molecule has 0 fully saturated rings. The molecule has 3 heteroatoms. The van der Waals surface area contributed by atoms with Gasteiger partial charge >= 0.3 is 0 Å². The molecule has 1 aromatic carbocycles. The Bertz CT molecular complexity index is 385. The Balaban J connectivity index is 3.11. The Morgan fingerprint density at radius 1 is 1.05 bits per heavy atom. The predicted octanol–water partition coefficient (Wildman–Crippen LogP) is 4.33. The first-order valence-corrected chi connectivity index (χ1v) is 8.18. The normalized spacial score (nSPS) is 13.2. The lowest BCUT2D eigenvalue weighted by Crippen LogP contribution is -2.45. The first-order valence-electron chi connectivity index (χ1n) is 8.18. The van der Waals surface area contributed by atoms with E-state index >= 15 is 0 Å². The van der Waals surface area contributed by atoms with Crippen molar-refractivity contribution in [3.63, 3.8) is 0 Å². The molecule has 120 valence electrons. The summed E-state index contributed by atoms with van der Waals surface area (Å²) in [6.45, 7) is 10.4. The van der Waals surface area contributed by atoms with Crippen LogP contribution in [0.4, 0.5) is 0 Å². The van der Waals surface area contributed by atoms with Crippen LogP contribution >= 0.6 is 0 Å². The lowest BCUT2D eigenvalue weighted by atomic mass is 9.83. The van der Waals surface area contributed by atoms with Gasteiger partial charge < -0.3 is 14.8 Å². The fourth-order valence-corrected chi connectivity index (χ4v) is 2.93. The Kier molecular flexibility index (Phi) is 7.76. The van der Waals surface area contributed by atoms with E-state index in [1.807, 2.05) is 12.1 Å². The zero-order valence-corrected chi connectivity index (χ0v) is 14.2. The molecule has 1 rings (SSSR count). The monoisotopic (exact) mass is 293 g/mol. The number of benzene rings is 1. The molecule has 0 amide bonds. The summed E-state index contributed by atoms with van der Waals surface area (Å²) in [7, 11) is 1.70. The van der Waals surface area contributed by atoms with Gasteiger partial charge in [-0.2, -0.15) is 0 Å². The van der Waals surface area contributed by atoms with Crippen molar-refractivity contribution in [1.29, 1.82) is 0 Å². The topological polar surface area (TPSA) is 30.5 Å². The largest absolute Gasteiger partial charge is 0.497 e. The van der Waals surface area contributed by atoms with Gasteiger partial charge in [0.25, 0.3) is 0 Å². The summed E-state index contributed by atoms with van der Waals surface area (Å²) in [5, 5.41) is 3.68. The zero-order chi connectivity index (χ0) is 15.7. The molecule has 3 nitrogen and oxygen atoms in total. The third-order valence-electron chi connectivity index (χ3n) is 4.20. The molecule has 1 atom stereocenters. The lowest BCUT2D eigenvalue weighted by molar-refractivity contribution is -0.0732. The smallest absolute Gasteiger partial charge is 0.118 e. The van der Waals surface area contributed by atoms with E-state index in [4.69, 9.17) is 9.47 Å². The van der Waals surface area contributed by atoms with E-state index in [9.17, 15) is 0 Å². The van der Waals surface area contributed by atoms with E-state index in [0.717, 1.165) is 38.2 Å². The number of ether oxygens (including phenoxy) is 2. The molecule has 21 heavy (non-hydrogen) atoms. The van der Waals surface area contributed by atoms with Gasteiger partial charge in [0.05, 0.1) is 18.8 Å². The third kappa shape index (κ3) is 4.45. The van der Waals surface area contributed by atoms with E-state index in [1.54, 1.807) is 7.11 Å². The van der Waals surface area contributed by atoms with Gasteiger partial charge in [0, 0.05) is 6.61 Å². The van der Waals surface area contributed by atoms with Crippen LogP contribution in [0.15, 0.2) is 24.3 Å². The van der Waals surface area contributed by atoms with Crippen LogP contribution in [0.5, 0.6) is 5.75 Å². The molecule has 1 aromatic rings. The highest BCUT2D eigenvalue weighted by molar-refractivity contribution is 5.30. The van der Waals surface area contributed by atoms with Crippen molar-refractivity contribution in [1.82, 2.24) is 5.32 Å². The molecule has 0 aliphatic heterocycles. The number of nitrogens with one attached hydrogen (secondary N) is 1. The highest BCUT2D eigenvalue weighted by Gasteiger charge is 2.37. The fourth-order valence-electron chi connectivity index (χ4n) is 2.93. The van der Waals surface area contributed by atoms with E-state index in [1.165, 1.54) is 5.56 Å². The Morgan fingerprint density at radius 3 is 2.10 bits per heavy atom. The molecular weight excluding hydrogens is 262 g/mol. The van der Waals surface area contributed by atoms with Crippen LogP contribution in [-0.4, -0.2) is 25.9 Å². The summed E-state index contributed by atoms with van der Waals surface area (Å²) >= 11 is 0. The maximum absolute atomic E-state index is 6.20. The molecule has 1 unspecified atom stereocenters. The van der Waals surface area contributed by atoms with E-state index in [2.05, 4.69) is 45.1 Å². The Labute approximate surface area is 130 Å². The van der Waals surface area contributed by atoms with Crippen molar-refractivity contribution in [3.05, 3.63) is 29.8 Å². The minimum Gasteiger partial charge on any atom is -0.497 e. The minimum absolute atomic E-state index is 0.154. The van der Waals surface area contributed by atoms with Gasteiger partial charge in [-0.3, -0.25) is 0 Å². The van der Waals surface area contributed by atoms with Gasteiger partial charge in [-0.15, -0.1) is 0 Å². The maximum atomic E-state index is 6.20. The van der Waals surface area contributed by atoms with Crippen molar-refractivity contribution >= 4 is 0 Å². The summed E-state index contributed by atoms with van der Waals surface area (Å²) in [6.07, 6.45) is 3.10. The second-order valence-corrected chi connectivity index (χ2v) is 5.37. The number of rotatable bonds is 10. The summed E-state index contributed by atoms with van der Waals surface area (Å²) in [6, 6.07) is 8.55. The molecule has 0 bridgehead atoms. The van der Waals surface area contributed by atoms with Gasteiger partial charge in [-0.05, 0) is 50.4 Å². The second kappa shape index (κ2) is 9.06. The van der Waals surface area contributed by atoms with Crippen LogP contribution in [0.2, 0.25) is 0 Å².